The highest BCUT2D eigenvalue weighted by Gasteiger charge is 2.36. The standard InChI is InChI=1S/C15H16F3N3O/c1-4-10-6-5-7-11(8-10)21(2)14-19-9-12(15(16,17)18)13(20-14)22-3/h5-9H,4H2,1-3H3. The Kier molecular flexibility index (Phi) is 4.54. The fourth-order valence-electron chi connectivity index (χ4n) is 1.97. The van der Waals surface area contributed by atoms with Crippen LogP contribution in [0.3, 0.4) is 0 Å². The van der Waals surface area contributed by atoms with Gasteiger partial charge in [0.15, 0.2) is 0 Å². The van der Waals surface area contributed by atoms with E-state index in [1.54, 1.807) is 11.9 Å². The summed E-state index contributed by atoms with van der Waals surface area (Å²) in [5, 5.41) is 0. The zero-order valence-corrected chi connectivity index (χ0v) is 12.5. The molecule has 0 bridgehead atoms. The van der Waals surface area contributed by atoms with Gasteiger partial charge in [-0.15, -0.1) is 0 Å². The molecule has 0 saturated carbocycles. The van der Waals surface area contributed by atoms with Crippen molar-refractivity contribution >= 4 is 11.6 Å². The number of benzene rings is 1. The van der Waals surface area contributed by atoms with Crippen LogP contribution in [0, 0.1) is 0 Å². The molecule has 0 N–H and O–H groups in total. The fourth-order valence-corrected chi connectivity index (χ4v) is 1.97. The number of hydrogen-bond donors (Lipinski definition) is 0. The lowest BCUT2D eigenvalue weighted by atomic mass is 10.1. The van der Waals surface area contributed by atoms with Crippen LogP contribution in [0.1, 0.15) is 18.1 Å². The number of anilines is 2. The second kappa shape index (κ2) is 6.21. The Bertz CT molecular complexity index is 659. The quantitative estimate of drug-likeness (QED) is 0.860. The molecular weight excluding hydrogens is 295 g/mol. The van der Waals surface area contributed by atoms with E-state index in [0.717, 1.165) is 31.0 Å². The molecule has 0 unspecified atom stereocenters. The van der Waals surface area contributed by atoms with Crippen LogP contribution in [-0.4, -0.2) is 24.1 Å². The minimum absolute atomic E-state index is 0.137. The van der Waals surface area contributed by atoms with E-state index >= 15 is 0 Å². The smallest absolute Gasteiger partial charge is 0.423 e. The molecule has 7 heteroatoms. The van der Waals surface area contributed by atoms with Gasteiger partial charge in [0.1, 0.15) is 5.56 Å². The Morgan fingerprint density at radius 2 is 2.00 bits per heavy atom. The second-order valence-electron chi connectivity index (χ2n) is 4.67. The molecular formula is C15H16F3N3O. The van der Waals surface area contributed by atoms with Crippen LogP contribution < -0.4 is 9.64 Å². The zero-order chi connectivity index (χ0) is 16.3. The molecule has 0 saturated heterocycles. The molecule has 1 heterocycles. The van der Waals surface area contributed by atoms with Crippen molar-refractivity contribution in [3.8, 4) is 5.88 Å². The first-order valence-corrected chi connectivity index (χ1v) is 6.67. The van der Waals surface area contributed by atoms with Crippen LogP contribution in [0.15, 0.2) is 30.5 Å². The average molecular weight is 311 g/mol. The van der Waals surface area contributed by atoms with Gasteiger partial charge in [0, 0.05) is 18.9 Å². The lowest BCUT2D eigenvalue weighted by Gasteiger charge is -2.19. The summed E-state index contributed by atoms with van der Waals surface area (Å²) in [7, 11) is 2.84. The molecule has 0 fully saturated rings. The normalized spacial score (nSPS) is 11.4. The molecule has 0 aliphatic heterocycles. The summed E-state index contributed by atoms with van der Waals surface area (Å²) >= 11 is 0. The van der Waals surface area contributed by atoms with E-state index in [1.165, 1.54) is 0 Å². The number of ether oxygens (including phenoxy) is 1. The summed E-state index contributed by atoms with van der Waals surface area (Å²) in [6.45, 7) is 2.02. The Hall–Kier alpha value is -2.31. The van der Waals surface area contributed by atoms with Crippen molar-refractivity contribution in [3.63, 3.8) is 0 Å². The summed E-state index contributed by atoms with van der Waals surface area (Å²) in [5.74, 6) is -0.353. The lowest BCUT2D eigenvalue weighted by molar-refractivity contribution is -0.139. The third kappa shape index (κ3) is 3.29. The number of aryl methyl sites for hydroxylation is 1. The highest BCUT2D eigenvalue weighted by atomic mass is 19.4. The first kappa shape index (κ1) is 16.1. The van der Waals surface area contributed by atoms with Gasteiger partial charge in [0.25, 0.3) is 0 Å². The van der Waals surface area contributed by atoms with E-state index in [0.29, 0.717) is 0 Å². The summed E-state index contributed by atoms with van der Waals surface area (Å²) in [4.78, 5) is 9.28. The van der Waals surface area contributed by atoms with Gasteiger partial charge in [-0.25, -0.2) is 4.98 Å². The van der Waals surface area contributed by atoms with Gasteiger partial charge in [0.05, 0.1) is 7.11 Å². The van der Waals surface area contributed by atoms with E-state index in [-0.39, 0.29) is 5.95 Å². The number of aromatic nitrogens is 2. The van der Waals surface area contributed by atoms with Crippen LogP contribution in [-0.2, 0) is 12.6 Å². The molecule has 0 spiro atoms. The first-order chi connectivity index (χ1) is 10.4. The summed E-state index contributed by atoms with van der Waals surface area (Å²) in [5.41, 5.74) is 0.916. The van der Waals surface area contributed by atoms with Gasteiger partial charge >= 0.3 is 6.18 Å². The van der Waals surface area contributed by atoms with Gasteiger partial charge in [-0.05, 0) is 24.1 Å². The maximum absolute atomic E-state index is 12.8. The second-order valence-corrected chi connectivity index (χ2v) is 4.67. The maximum atomic E-state index is 12.8. The average Bonchev–Trinajstić information content (AvgIpc) is 2.52. The van der Waals surface area contributed by atoms with Gasteiger partial charge < -0.3 is 9.64 Å². The predicted molar refractivity (Wildman–Crippen MR) is 77.5 cm³/mol. The fraction of sp³-hybridized carbons (Fsp3) is 0.333. The van der Waals surface area contributed by atoms with Crippen molar-refractivity contribution in [2.75, 3.05) is 19.1 Å². The van der Waals surface area contributed by atoms with E-state index in [9.17, 15) is 13.2 Å². The monoisotopic (exact) mass is 311 g/mol. The van der Waals surface area contributed by atoms with Crippen LogP contribution in [0.25, 0.3) is 0 Å². The van der Waals surface area contributed by atoms with Crippen molar-refractivity contribution in [1.82, 2.24) is 9.97 Å². The molecule has 0 aliphatic rings. The van der Waals surface area contributed by atoms with E-state index in [1.807, 2.05) is 31.2 Å². The van der Waals surface area contributed by atoms with Crippen molar-refractivity contribution in [2.45, 2.75) is 19.5 Å². The van der Waals surface area contributed by atoms with Crippen molar-refractivity contribution in [3.05, 3.63) is 41.6 Å². The molecule has 4 nitrogen and oxygen atoms in total. The highest BCUT2D eigenvalue weighted by Crippen LogP contribution is 2.35. The molecule has 0 radical (unpaired) electrons. The van der Waals surface area contributed by atoms with E-state index < -0.39 is 17.6 Å². The Balaban J connectivity index is 2.40. The highest BCUT2D eigenvalue weighted by molar-refractivity contribution is 5.58. The first-order valence-electron chi connectivity index (χ1n) is 6.67. The molecule has 2 aromatic rings. The SMILES string of the molecule is CCc1cccc(N(C)c2ncc(C(F)(F)F)c(OC)n2)c1. The number of alkyl halides is 3. The number of rotatable bonds is 4. The molecule has 118 valence electrons. The Morgan fingerprint density at radius 3 is 2.59 bits per heavy atom. The van der Waals surface area contributed by atoms with Crippen molar-refractivity contribution in [1.29, 1.82) is 0 Å². The lowest BCUT2D eigenvalue weighted by Crippen LogP contribution is -2.16. The Labute approximate surface area is 126 Å². The molecule has 2 rings (SSSR count). The Morgan fingerprint density at radius 1 is 1.27 bits per heavy atom. The number of methoxy groups -OCH3 is 1. The zero-order valence-electron chi connectivity index (χ0n) is 12.5. The van der Waals surface area contributed by atoms with Gasteiger partial charge in [-0.3, -0.25) is 0 Å². The molecule has 0 amide bonds. The van der Waals surface area contributed by atoms with Gasteiger partial charge in [0.2, 0.25) is 11.8 Å². The molecule has 1 aromatic carbocycles. The van der Waals surface area contributed by atoms with Crippen molar-refractivity contribution in [2.24, 2.45) is 0 Å². The predicted octanol–water partition coefficient (Wildman–Crippen LogP) is 3.83. The molecule has 1 aromatic heterocycles. The summed E-state index contributed by atoms with van der Waals surface area (Å²) in [6.07, 6.45) is -2.95. The molecule has 0 atom stereocenters. The third-order valence-corrected chi connectivity index (χ3v) is 3.25. The van der Waals surface area contributed by atoms with Crippen LogP contribution in [0.2, 0.25) is 0 Å². The number of hydrogen-bond acceptors (Lipinski definition) is 4. The van der Waals surface area contributed by atoms with E-state index in [2.05, 4.69) is 9.97 Å². The minimum Gasteiger partial charge on any atom is -0.480 e. The largest absolute Gasteiger partial charge is 0.480 e. The van der Waals surface area contributed by atoms with Crippen LogP contribution in [0.5, 0.6) is 5.88 Å². The summed E-state index contributed by atoms with van der Waals surface area (Å²) in [6, 6.07) is 7.64. The molecule has 0 aliphatic carbocycles. The van der Waals surface area contributed by atoms with Crippen LogP contribution in [0.4, 0.5) is 24.8 Å². The van der Waals surface area contributed by atoms with Gasteiger partial charge in [-0.1, -0.05) is 19.1 Å². The van der Waals surface area contributed by atoms with Crippen molar-refractivity contribution < 1.29 is 17.9 Å². The summed E-state index contributed by atoms with van der Waals surface area (Å²) < 4.78 is 43.2. The number of halogens is 3. The third-order valence-electron chi connectivity index (χ3n) is 3.25. The minimum atomic E-state index is -4.55. The molecule has 22 heavy (non-hydrogen) atoms. The topological polar surface area (TPSA) is 38.2 Å². The van der Waals surface area contributed by atoms with Crippen LogP contribution >= 0.6 is 0 Å². The van der Waals surface area contributed by atoms with Gasteiger partial charge in [-0.2, -0.15) is 18.2 Å². The van der Waals surface area contributed by atoms with E-state index in [4.69, 9.17) is 4.74 Å². The number of nitrogens with zero attached hydrogens (tertiary/aromatic N) is 3. The maximum Gasteiger partial charge on any atom is 0.423 e.